The van der Waals surface area contributed by atoms with E-state index < -0.39 is 17.4 Å². The first-order valence-corrected chi connectivity index (χ1v) is 4.97. The van der Waals surface area contributed by atoms with Gasteiger partial charge in [-0.3, -0.25) is 4.79 Å². The van der Waals surface area contributed by atoms with Crippen LogP contribution in [0.5, 0.6) is 17.2 Å². The molecule has 7 nitrogen and oxygen atoms in total. The van der Waals surface area contributed by atoms with Gasteiger partial charge in [0.1, 0.15) is 28.7 Å². The number of phenols is 3. The Hall–Kier alpha value is -2.70. The summed E-state index contributed by atoms with van der Waals surface area (Å²) >= 11 is 0. The van der Waals surface area contributed by atoms with Crippen LogP contribution in [0.25, 0.3) is 0 Å². The second-order valence-electron chi connectivity index (χ2n) is 3.64. The maximum atomic E-state index is 11.7. The Kier molecular flexibility index (Phi) is 2.80. The Morgan fingerprint density at radius 3 is 2.33 bits per heavy atom. The van der Waals surface area contributed by atoms with Crippen molar-refractivity contribution in [2.75, 3.05) is 5.32 Å². The molecule has 0 aliphatic rings. The molecule has 0 saturated carbocycles. The van der Waals surface area contributed by atoms with Crippen LogP contribution in [-0.4, -0.2) is 26.4 Å². The number of aromatic nitrogens is 1. The van der Waals surface area contributed by atoms with E-state index in [1.54, 1.807) is 6.92 Å². The van der Waals surface area contributed by atoms with Crippen LogP contribution in [0.2, 0.25) is 0 Å². The van der Waals surface area contributed by atoms with Gasteiger partial charge in [0.15, 0.2) is 5.69 Å². The molecule has 4 N–H and O–H groups in total. The molecule has 0 bridgehead atoms. The van der Waals surface area contributed by atoms with Crippen molar-refractivity contribution in [3.63, 3.8) is 0 Å². The van der Waals surface area contributed by atoms with E-state index in [0.717, 1.165) is 12.1 Å². The number of phenolic OH excluding ortho intramolecular Hbond substituents is 3. The van der Waals surface area contributed by atoms with Gasteiger partial charge in [0, 0.05) is 18.2 Å². The summed E-state index contributed by atoms with van der Waals surface area (Å²) in [5.41, 5.74) is -0.196. The van der Waals surface area contributed by atoms with Crippen LogP contribution >= 0.6 is 0 Å². The highest BCUT2D eigenvalue weighted by molar-refractivity contribution is 6.04. The van der Waals surface area contributed by atoms with Crippen LogP contribution in [-0.2, 0) is 0 Å². The van der Waals surface area contributed by atoms with Gasteiger partial charge in [0.05, 0.1) is 0 Å². The van der Waals surface area contributed by atoms with Crippen molar-refractivity contribution >= 4 is 11.6 Å². The summed E-state index contributed by atoms with van der Waals surface area (Å²) in [5.74, 6) is -1.43. The lowest BCUT2D eigenvalue weighted by atomic mass is 10.2. The molecule has 0 radical (unpaired) electrons. The fourth-order valence-corrected chi connectivity index (χ4v) is 1.38. The average molecular weight is 250 g/mol. The second-order valence-corrected chi connectivity index (χ2v) is 3.64. The zero-order chi connectivity index (χ0) is 13.3. The van der Waals surface area contributed by atoms with Crippen molar-refractivity contribution in [2.24, 2.45) is 0 Å². The maximum absolute atomic E-state index is 11.7. The number of benzene rings is 1. The van der Waals surface area contributed by atoms with Crippen LogP contribution < -0.4 is 5.32 Å². The van der Waals surface area contributed by atoms with Gasteiger partial charge in [0.2, 0.25) is 0 Å². The number of anilines is 1. The predicted molar refractivity (Wildman–Crippen MR) is 60.6 cm³/mol. The third-order valence-corrected chi connectivity index (χ3v) is 2.18. The van der Waals surface area contributed by atoms with Crippen molar-refractivity contribution < 1.29 is 24.6 Å². The van der Waals surface area contributed by atoms with E-state index in [1.165, 1.54) is 6.07 Å². The lowest BCUT2D eigenvalue weighted by Gasteiger charge is -2.08. The smallest absolute Gasteiger partial charge is 0.278 e. The summed E-state index contributed by atoms with van der Waals surface area (Å²) in [6.45, 7) is 1.62. The van der Waals surface area contributed by atoms with E-state index in [9.17, 15) is 15.0 Å². The van der Waals surface area contributed by atoms with Gasteiger partial charge in [-0.25, -0.2) is 0 Å². The zero-order valence-corrected chi connectivity index (χ0v) is 9.34. The van der Waals surface area contributed by atoms with Gasteiger partial charge < -0.3 is 25.2 Å². The van der Waals surface area contributed by atoms with E-state index in [1.807, 2.05) is 0 Å². The number of aryl methyl sites for hydroxylation is 1. The third kappa shape index (κ3) is 2.19. The Morgan fingerprint density at radius 2 is 1.83 bits per heavy atom. The number of nitrogens with one attached hydrogen (secondary N) is 1. The van der Waals surface area contributed by atoms with Crippen LogP contribution in [0, 0.1) is 6.92 Å². The Balaban J connectivity index is 2.27. The maximum Gasteiger partial charge on any atom is 0.278 e. The Labute approximate surface area is 101 Å². The van der Waals surface area contributed by atoms with E-state index in [2.05, 4.69) is 10.5 Å². The zero-order valence-electron chi connectivity index (χ0n) is 9.34. The molecule has 1 heterocycles. The van der Waals surface area contributed by atoms with E-state index >= 15 is 0 Å². The number of aromatic hydroxyl groups is 3. The summed E-state index contributed by atoms with van der Waals surface area (Å²) in [7, 11) is 0. The average Bonchev–Trinajstić information content (AvgIpc) is 2.70. The molecule has 0 aliphatic carbocycles. The normalized spacial score (nSPS) is 10.3. The number of nitrogens with zero attached hydrogens (tertiary/aromatic N) is 1. The molecule has 0 spiro atoms. The van der Waals surface area contributed by atoms with Crippen LogP contribution in [0.4, 0.5) is 5.69 Å². The summed E-state index contributed by atoms with van der Waals surface area (Å²) < 4.78 is 4.73. The molecule has 0 aliphatic heterocycles. The SMILES string of the molecule is Cc1cc(C(=O)Nc2c(O)cc(O)cc2O)no1. The second kappa shape index (κ2) is 4.28. The molecule has 1 aromatic carbocycles. The van der Waals surface area contributed by atoms with Gasteiger partial charge in [-0.1, -0.05) is 5.16 Å². The number of rotatable bonds is 2. The molecule has 0 unspecified atom stereocenters. The topological polar surface area (TPSA) is 116 Å². The van der Waals surface area contributed by atoms with Crippen molar-refractivity contribution in [2.45, 2.75) is 6.92 Å². The monoisotopic (exact) mass is 250 g/mol. The highest BCUT2D eigenvalue weighted by Crippen LogP contribution is 2.37. The molecule has 1 amide bonds. The highest BCUT2D eigenvalue weighted by Gasteiger charge is 2.16. The number of hydrogen-bond donors (Lipinski definition) is 4. The van der Waals surface area contributed by atoms with Crippen LogP contribution in [0.15, 0.2) is 22.7 Å². The van der Waals surface area contributed by atoms with Gasteiger partial charge in [-0.05, 0) is 6.92 Å². The molecule has 18 heavy (non-hydrogen) atoms. The molecule has 94 valence electrons. The van der Waals surface area contributed by atoms with Gasteiger partial charge in [-0.2, -0.15) is 0 Å². The molecule has 0 fully saturated rings. The number of hydrogen-bond acceptors (Lipinski definition) is 6. The van der Waals surface area contributed by atoms with Gasteiger partial charge >= 0.3 is 0 Å². The van der Waals surface area contributed by atoms with E-state index in [0.29, 0.717) is 5.76 Å². The van der Waals surface area contributed by atoms with Crippen molar-refractivity contribution in [1.82, 2.24) is 5.16 Å². The van der Waals surface area contributed by atoms with Crippen molar-refractivity contribution in [3.8, 4) is 17.2 Å². The number of carbonyl (C=O) groups excluding carboxylic acids is 1. The molecular formula is C11H10N2O5. The summed E-state index contributed by atoms with van der Waals surface area (Å²) in [5, 5.41) is 33.9. The minimum atomic E-state index is -0.650. The van der Waals surface area contributed by atoms with E-state index in [-0.39, 0.29) is 17.1 Å². The third-order valence-electron chi connectivity index (χ3n) is 2.18. The minimum Gasteiger partial charge on any atom is -0.508 e. The minimum absolute atomic E-state index is 0.0133. The first-order chi connectivity index (χ1) is 8.47. The summed E-state index contributed by atoms with van der Waals surface area (Å²) in [6.07, 6.45) is 0. The number of carbonyl (C=O) groups is 1. The summed E-state index contributed by atoms with van der Waals surface area (Å²) in [6, 6.07) is 3.39. The molecule has 0 saturated heterocycles. The van der Waals surface area contributed by atoms with Crippen LogP contribution in [0.3, 0.4) is 0 Å². The first-order valence-electron chi connectivity index (χ1n) is 4.97. The summed E-state index contributed by atoms with van der Waals surface area (Å²) in [4.78, 5) is 11.7. The molecule has 2 rings (SSSR count). The van der Waals surface area contributed by atoms with Gasteiger partial charge in [0.25, 0.3) is 5.91 Å². The standard InChI is InChI=1S/C11H10N2O5/c1-5-2-7(13-18-5)11(17)12-10-8(15)3-6(14)4-9(10)16/h2-4,14-16H,1H3,(H,12,17). The van der Waals surface area contributed by atoms with Gasteiger partial charge in [-0.15, -0.1) is 0 Å². The quantitative estimate of drug-likeness (QED) is 0.472. The largest absolute Gasteiger partial charge is 0.508 e. The van der Waals surface area contributed by atoms with Crippen molar-refractivity contribution in [3.05, 3.63) is 29.7 Å². The molecule has 7 heteroatoms. The Bertz CT molecular complexity index is 582. The highest BCUT2D eigenvalue weighted by atomic mass is 16.5. The Morgan fingerprint density at radius 1 is 1.22 bits per heavy atom. The molecule has 2 aromatic rings. The van der Waals surface area contributed by atoms with Crippen molar-refractivity contribution in [1.29, 1.82) is 0 Å². The fourth-order valence-electron chi connectivity index (χ4n) is 1.38. The van der Waals surface area contributed by atoms with E-state index in [4.69, 9.17) is 9.63 Å². The predicted octanol–water partition coefficient (Wildman–Crippen LogP) is 1.35. The molecule has 1 aromatic heterocycles. The lowest BCUT2D eigenvalue weighted by molar-refractivity contribution is 0.101. The number of amides is 1. The molecular weight excluding hydrogens is 240 g/mol. The fraction of sp³-hybridized carbons (Fsp3) is 0.0909. The van der Waals surface area contributed by atoms with Crippen LogP contribution in [0.1, 0.15) is 16.2 Å². The molecule has 0 atom stereocenters. The first kappa shape index (κ1) is 11.8. The lowest BCUT2D eigenvalue weighted by Crippen LogP contribution is -2.12.